The minimum Gasteiger partial charge on any atom is -0.387 e. The zero-order chi connectivity index (χ0) is 11.0. The van der Waals surface area contributed by atoms with Gasteiger partial charge in [-0.3, -0.25) is 0 Å². The second-order valence-corrected chi connectivity index (χ2v) is 5.33. The molecule has 2 aliphatic heterocycles. The monoisotopic (exact) mass is 236 g/mol. The van der Waals surface area contributed by atoms with Crippen LogP contribution in [0, 0.1) is 0 Å². The zero-order valence-corrected chi connectivity index (χ0v) is 9.14. The van der Waals surface area contributed by atoms with E-state index in [2.05, 4.69) is 0 Å². The second-order valence-electron chi connectivity index (χ2n) is 4.74. The SMILES string of the molecule is CC1(C)O[C@H]2[C@H](O)[C@H](O)[C@@H]3O[C@]3(Cl)[C@H]2O1. The third-order valence-electron chi connectivity index (χ3n) is 3.15. The van der Waals surface area contributed by atoms with Crippen LogP contribution in [-0.2, 0) is 14.2 Å². The van der Waals surface area contributed by atoms with E-state index in [1.807, 2.05) is 0 Å². The summed E-state index contributed by atoms with van der Waals surface area (Å²) in [5.74, 6) is -0.807. The Morgan fingerprint density at radius 3 is 2.33 bits per heavy atom. The molecule has 2 saturated heterocycles. The molecule has 0 aromatic carbocycles. The lowest BCUT2D eigenvalue weighted by Crippen LogP contribution is -2.55. The number of alkyl halides is 1. The highest BCUT2D eigenvalue weighted by atomic mass is 35.5. The number of hydrogen-bond donors (Lipinski definition) is 2. The van der Waals surface area contributed by atoms with Crippen molar-refractivity contribution in [3.8, 4) is 0 Å². The highest BCUT2D eigenvalue weighted by Gasteiger charge is 2.75. The van der Waals surface area contributed by atoms with Gasteiger partial charge in [-0.05, 0) is 13.8 Å². The van der Waals surface area contributed by atoms with Crippen molar-refractivity contribution in [2.24, 2.45) is 0 Å². The fourth-order valence-corrected chi connectivity index (χ4v) is 2.80. The smallest absolute Gasteiger partial charge is 0.199 e. The standard InChI is InChI=1S/C9H13ClO5/c1-8(2)13-5-3(11)4(12)6-9(10,15-6)7(5)14-8/h3-7,11-12H,1-2H3/t3-,4+,5+,6+,7+,9+/m1/s1. The van der Waals surface area contributed by atoms with Crippen LogP contribution in [0.4, 0.5) is 0 Å². The summed E-state index contributed by atoms with van der Waals surface area (Å²) in [6.45, 7) is 3.48. The average molecular weight is 237 g/mol. The van der Waals surface area contributed by atoms with Crippen molar-refractivity contribution in [1.29, 1.82) is 0 Å². The number of epoxide rings is 1. The van der Waals surface area contributed by atoms with Crippen LogP contribution >= 0.6 is 11.6 Å². The largest absolute Gasteiger partial charge is 0.387 e. The van der Waals surface area contributed by atoms with Crippen molar-refractivity contribution in [1.82, 2.24) is 0 Å². The molecule has 0 aromatic heterocycles. The Morgan fingerprint density at radius 1 is 1.00 bits per heavy atom. The van der Waals surface area contributed by atoms with Crippen LogP contribution in [0.5, 0.6) is 0 Å². The van der Waals surface area contributed by atoms with Crippen LogP contribution in [0.15, 0.2) is 0 Å². The number of hydrogen-bond acceptors (Lipinski definition) is 5. The molecule has 0 aromatic rings. The predicted molar refractivity (Wildman–Crippen MR) is 49.3 cm³/mol. The first kappa shape index (κ1) is 10.3. The van der Waals surface area contributed by atoms with Gasteiger partial charge in [-0.25, -0.2) is 0 Å². The van der Waals surface area contributed by atoms with Gasteiger partial charge in [0.25, 0.3) is 0 Å². The molecule has 86 valence electrons. The predicted octanol–water partition coefficient (Wildman–Crippen LogP) is -0.424. The van der Waals surface area contributed by atoms with E-state index in [9.17, 15) is 10.2 Å². The van der Waals surface area contributed by atoms with Crippen molar-refractivity contribution >= 4 is 11.6 Å². The fourth-order valence-electron chi connectivity index (χ4n) is 2.41. The van der Waals surface area contributed by atoms with E-state index in [1.54, 1.807) is 13.8 Å². The Kier molecular flexibility index (Phi) is 1.82. The first-order valence-corrected chi connectivity index (χ1v) is 5.31. The van der Waals surface area contributed by atoms with Crippen molar-refractivity contribution < 1.29 is 24.4 Å². The van der Waals surface area contributed by atoms with Gasteiger partial charge in [-0.15, -0.1) is 0 Å². The molecule has 1 aliphatic carbocycles. The third-order valence-corrected chi connectivity index (χ3v) is 3.67. The maximum atomic E-state index is 9.80. The van der Waals surface area contributed by atoms with Gasteiger partial charge in [0, 0.05) is 0 Å². The van der Waals surface area contributed by atoms with Crippen LogP contribution in [0.3, 0.4) is 0 Å². The third kappa shape index (κ3) is 1.22. The molecule has 0 unspecified atom stereocenters. The highest BCUT2D eigenvalue weighted by molar-refractivity contribution is 6.25. The molecule has 15 heavy (non-hydrogen) atoms. The van der Waals surface area contributed by atoms with Crippen molar-refractivity contribution in [2.45, 2.75) is 55.2 Å². The van der Waals surface area contributed by atoms with Crippen LogP contribution in [-0.4, -0.2) is 51.6 Å². The maximum Gasteiger partial charge on any atom is 0.199 e. The summed E-state index contributed by atoms with van der Waals surface area (Å²) >= 11 is 6.14. The van der Waals surface area contributed by atoms with Gasteiger partial charge in [0.1, 0.15) is 30.5 Å². The molecule has 5 nitrogen and oxygen atoms in total. The van der Waals surface area contributed by atoms with Crippen LogP contribution in [0.25, 0.3) is 0 Å². The molecule has 6 atom stereocenters. The summed E-state index contributed by atoms with van der Waals surface area (Å²) in [6.07, 6.45) is -3.76. The Hall–Kier alpha value is 0.0900. The summed E-state index contributed by atoms with van der Waals surface area (Å²) in [4.78, 5) is 0. The van der Waals surface area contributed by atoms with Gasteiger partial charge in [0.05, 0.1) is 0 Å². The number of aliphatic hydroxyl groups excluding tert-OH is 2. The molecule has 0 radical (unpaired) electrons. The zero-order valence-electron chi connectivity index (χ0n) is 8.38. The van der Waals surface area contributed by atoms with Gasteiger partial charge >= 0.3 is 0 Å². The summed E-state index contributed by atoms with van der Waals surface area (Å²) in [5.41, 5.74) is 0. The molecule has 0 amide bonds. The van der Waals surface area contributed by atoms with Gasteiger partial charge in [0.15, 0.2) is 10.8 Å². The normalized spacial score (nSPS) is 61.0. The molecular weight excluding hydrogens is 224 g/mol. The topological polar surface area (TPSA) is 71.5 Å². The quantitative estimate of drug-likeness (QED) is 0.441. The van der Waals surface area contributed by atoms with E-state index >= 15 is 0 Å². The summed E-state index contributed by atoms with van der Waals surface area (Å²) < 4.78 is 16.3. The van der Waals surface area contributed by atoms with E-state index < -0.39 is 41.4 Å². The fraction of sp³-hybridized carbons (Fsp3) is 1.00. The minimum atomic E-state index is -1.03. The van der Waals surface area contributed by atoms with Gasteiger partial charge < -0.3 is 24.4 Å². The Bertz CT molecular complexity index is 309. The first-order chi connectivity index (χ1) is 6.85. The van der Waals surface area contributed by atoms with Gasteiger partial charge in [-0.1, -0.05) is 11.6 Å². The van der Waals surface area contributed by atoms with Gasteiger partial charge in [0.2, 0.25) is 0 Å². The van der Waals surface area contributed by atoms with Crippen LogP contribution < -0.4 is 0 Å². The number of fused-ring (bicyclic) bond motifs is 3. The Balaban J connectivity index is 1.93. The van der Waals surface area contributed by atoms with E-state index in [-0.39, 0.29) is 0 Å². The van der Waals surface area contributed by atoms with E-state index in [4.69, 9.17) is 25.8 Å². The summed E-state index contributed by atoms with van der Waals surface area (Å²) in [5, 5.41) is 18.4. The number of aliphatic hydroxyl groups is 2. The van der Waals surface area contributed by atoms with Crippen LogP contribution in [0.2, 0.25) is 0 Å². The van der Waals surface area contributed by atoms with E-state index in [0.717, 1.165) is 0 Å². The number of ether oxygens (including phenoxy) is 3. The highest BCUT2D eigenvalue weighted by Crippen LogP contribution is 2.56. The second kappa shape index (κ2) is 2.67. The Morgan fingerprint density at radius 2 is 1.67 bits per heavy atom. The van der Waals surface area contributed by atoms with Crippen molar-refractivity contribution in [3.05, 3.63) is 0 Å². The molecule has 1 saturated carbocycles. The summed E-state index contributed by atoms with van der Waals surface area (Å²) in [7, 11) is 0. The minimum absolute atomic E-state index is 0.530. The molecular formula is C9H13ClO5. The molecule has 0 bridgehead atoms. The lowest BCUT2D eigenvalue weighted by atomic mass is 9.89. The molecule has 3 aliphatic rings. The van der Waals surface area contributed by atoms with E-state index in [0.29, 0.717) is 0 Å². The van der Waals surface area contributed by atoms with Crippen LogP contribution in [0.1, 0.15) is 13.8 Å². The maximum absolute atomic E-state index is 9.80. The summed E-state index contributed by atoms with van der Waals surface area (Å²) in [6, 6.07) is 0. The number of halogens is 1. The molecule has 2 heterocycles. The molecule has 6 heteroatoms. The molecule has 3 fully saturated rings. The Labute approximate surface area is 91.9 Å². The number of rotatable bonds is 0. The molecule has 0 spiro atoms. The van der Waals surface area contributed by atoms with Crippen molar-refractivity contribution in [3.63, 3.8) is 0 Å². The van der Waals surface area contributed by atoms with E-state index in [1.165, 1.54) is 0 Å². The average Bonchev–Trinajstić information content (AvgIpc) is 2.71. The lowest BCUT2D eigenvalue weighted by Gasteiger charge is -2.31. The molecule has 2 N–H and O–H groups in total. The van der Waals surface area contributed by atoms with Crippen molar-refractivity contribution in [2.75, 3.05) is 0 Å². The lowest BCUT2D eigenvalue weighted by molar-refractivity contribution is -0.163. The molecule has 3 rings (SSSR count). The first-order valence-electron chi connectivity index (χ1n) is 4.94. The van der Waals surface area contributed by atoms with Gasteiger partial charge in [-0.2, -0.15) is 0 Å².